The molecule has 0 spiro atoms. The Morgan fingerprint density at radius 3 is 2.14 bits per heavy atom. The molecule has 82 valence electrons. The van der Waals surface area contributed by atoms with Gasteiger partial charge in [-0.3, -0.25) is 4.79 Å². The zero-order valence-corrected chi connectivity index (χ0v) is 10.2. The highest BCUT2D eigenvalue weighted by atomic mass is 32.2. The molecule has 0 radical (unpaired) electrons. The maximum atomic E-state index is 11.6. The van der Waals surface area contributed by atoms with Gasteiger partial charge < -0.3 is 9.64 Å². The van der Waals surface area contributed by atoms with Gasteiger partial charge in [-0.1, -0.05) is 0 Å². The Bertz CT molecular complexity index is 216. The summed E-state index contributed by atoms with van der Waals surface area (Å²) in [5.74, 6) is -0.601. The van der Waals surface area contributed by atoms with E-state index in [1.807, 2.05) is 12.5 Å². The van der Waals surface area contributed by atoms with Crippen LogP contribution in [-0.4, -0.2) is 55.2 Å². The highest BCUT2D eigenvalue weighted by molar-refractivity contribution is 7.97. The van der Waals surface area contributed by atoms with E-state index in [4.69, 9.17) is 4.74 Å². The molecule has 1 amide bonds. The van der Waals surface area contributed by atoms with Gasteiger partial charge in [0, 0.05) is 25.0 Å². The molecule has 0 aliphatic carbocycles. The number of carbonyl (C=O) groups excluding carboxylic acids is 2. The predicted octanol–water partition coefficient (Wildman–Crippen LogP) is -0.116. The first kappa shape index (κ1) is 13.3. The zero-order valence-electron chi connectivity index (χ0n) is 9.36. The lowest BCUT2D eigenvalue weighted by Crippen LogP contribution is -2.44. The molecule has 0 aliphatic heterocycles. The number of hydrogen-bond donors (Lipinski definition) is 0. The Kier molecular flexibility index (Phi) is 5.60. The molecule has 14 heavy (non-hydrogen) atoms. The average Bonchev–Trinajstić information content (AvgIpc) is 2.03. The lowest BCUT2D eigenvalue weighted by atomic mass is 10.4. The van der Waals surface area contributed by atoms with E-state index in [0.29, 0.717) is 6.61 Å². The molecule has 0 bridgehead atoms. The van der Waals surface area contributed by atoms with E-state index in [2.05, 4.69) is 0 Å². The first-order valence-corrected chi connectivity index (χ1v) is 6.46. The number of hydrogen-bond acceptors (Lipinski definition) is 3. The van der Waals surface area contributed by atoms with E-state index in [0.717, 1.165) is 0 Å². The van der Waals surface area contributed by atoms with Crippen molar-refractivity contribution < 1.29 is 14.3 Å². The van der Waals surface area contributed by atoms with Crippen LogP contribution in [0.15, 0.2) is 0 Å². The van der Waals surface area contributed by atoms with Crippen molar-refractivity contribution in [1.82, 2.24) is 4.90 Å². The summed E-state index contributed by atoms with van der Waals surface area (Å²) in [4.78, 5) is 24.5. The molecular formula is C9H18NO3S+. The lowest BCUT2D eigenvalue weighted by molar-refractivity contribution is -0.147. The summed E-state index contributed by atoms with van der Waals surface area (Å²) in [6.45, 7) is 2.05. The summed E-state index contributed by atoms with van der Waals surface area (Å²) in [5, 5.41) is -0.648. The van der Waals surface area contributed by atoms with Crippen molar-refractivity contribution >= 4 is 22.8 Å². The molecule has 5 heteroatoms. The Morgan fingerprint density at radius 1 is 1.36 bits per heavy atom. The highest BCUT2D eigenvalue weighted by Gasteiger charge is 2.39. The molecule has 1 unspecified atom stereocenters. The van der Waals surface area contributed by atoms with Gasteiger partial charge in [0.05, 0.1) is 19.1 Å². The molecule has 1 atom stereocenters. The van der Waals surface area contributed by atoms with E-state index in [9.17, 15) is 9.59 Å². The number of carbonyl (C=O) groups is 2. The fourth-order valence-corrected chi connectivity index (χ4v) is 2.01. The number of ether oxygens (including phenoxy) is 1. The van der Waals surface area contributed by atoms with Crippen molar-refractivity contribution in [3.63, 3.8) is 0 Å². The van der Waals surface area contributed by atoms with Gasteiger partial charge in [0.25, 0.3) is 11.2 Å². The highest BCUT2D eigenvalue weighted by Crippen LogP contribution is 2.06. The third-order valence-corrected chi connectivity index (χ3v) is 2.97. The molecule has 0 heterocycles. The third-order valence-electron chi connectivity index (χ3n) is 1.64. The Morgan fingerprint density at radius 2 is 1.86 bits per heavy atom. The van der Waals surface area contributed by atoms with Crippen molar-refractivity contribution in [2.24, 2.45) is 0 Å². The summed E-state index contributed by atoms with van der Waals surface area (Å²) in [7, 11) is 2.98. The molecule has 0 saturated heterocycles. The van der Waals surface area contributed by atoms with Crippen LogP contribution in [0.1, 0.15) is 6.92 Å². The molecule has 0 aromatic carbocycles. The van der Waals surface area contributed by atoms with Gasteiger partial charge in [-0.2, -0.15) is 0 Å². The Balaban J connectivity index is 4.60. The topological polar surface area (TPSA) is 46.6 Å². The summed E-state index contributed by atoms with van der Waals surface area (Å²) in [6.07, 6.45) is 3.73. The molecule has 0 N–H and O–H groups in total. The second-order valence-corrected chi connectivity index (χ2v) is 5.48. The van der Waals surface area contributed by atoms with Crippen molar-refractivity contribution in [3.05, 3.63) is 0 Å². The molecule has 0 saturated carbocycles. The van der Waals surface area contributed by atoms with E-state index < -0.39 is 11.2 Å². The fraction of sp³-hybridized carbons (Fsp3) is 0.778. The van der Waals surface area contributed by atoms with Crippen molar-refractivity contribution in [2.45, 2.75) is 12.2 Å². The van der Waals surface area contributed by atoms with Crippen LogP contribution in [0.3, 0.4) is 0 Å². The van der Waals surface area contributed by atoms with E-state index >= 15 is 0 Å². The molecule has 0 aromatic heterocycles. The largest absolute Gasteiger partial charge is 0.462 e. The number of nitrogens with zero attached hydrogens (tertiary/aromatic N) is 1. The fourth-order valence-electron chi connectivity index (χ4n) is 0.947. The quantitative estimate of drug-likeness (QED) is 0.377. The van der Waals surface area contributed by atoms with Gasteiger partial charge in [0.1, 0.15) is 0 Å². The first-order valence-electron chi connectivity index (χ1n) is 4.36. The maximum absolute atomic E-state index is 11.6. The van der Waals surface area contributed by atoms with Crippen LogP contribution >= 0.6 is 0 Å². The minimum atomic E-state index is -0.648. The summed E-state index contributed by atoms with van der Waals surface area (Å²) in [5.41, 5.74) is 0. The van der Waals surface area contributed by atoms with Crippen LogP contribution < -0.4 is 0 Å². The molecule has 4 nitrogen and oxygen atoms in total. The van der Waals surface area contributed by atoms with E-state index in [1.165, 1.54) is 4.90 Å². The monoisotopic (exact) mass is 220 g/mol. The minimum absolute atomic E-state index is 0.184. The van der Waals surface area contributed by atoms with Gasteiger partial charge in [0.2, 0.25) is 0 Å². The SMILES string of the molecule is CCOC(=O)C(C(=O)N(C)C)[S+](C)C. The lowest BCUT2D eigenvalue weighted by Gasteiger charge is -2.16. The Labute approximate surface area is 87.9 Å². The Hall–Kier alpha value is -0.710. The minimum Gasteiger partial charge on any atom is -0.462 e. The van der Waals surface area contributed by atoms with Gasteiger partial charge in [-0.15, -0.1) is 0 Å². The predicted molar refractivity (Wildman–Crippen MR) is 58.3 cm³/mol. The average molecular weight is 220 g/mol. The van der Waals surface area contributed by atoms with Crippen LogP contribution in [-0.2, 0) is 25.2 Å². The van der Waals surface area contributed by atoms with Crippen molar-refractivity contribution in [3.8, 4) is 0 Å². The van der Waals surface area contributed by atoms with Crippen molar-refractivity contribution in [2.75, 3.05) is 33.2 Å². The van der Waals surface area contributed by atoms with E-state index in [1.54, 1.807) is 21.0 Å². The number of amides is 1. The second kappa shape index (κ2) is 5.90. The van der Waals surface area contributed by atoms with Crippen LogP contribution in [0.2, 0.25) is 0 Å². The first-order chi connectivity index (χ1) is 6.41. The summed E-state index contributed by atoms with van der Waals surface area (Å²) < 4.78 is 4.86. The molecule has 0 aliphatic rings. The van der Waals surface area contributed by atoms with Gasteiger partial charge in [-0.25, -0.2) is 4.79 Å². The number of rotatable bonds is 4. The van der Waals surface area contributed by atoms with Crippen LogP contribution in [0, 0.1) is 0 Å². The molecule has 0 rings (SSSR count). The normalized spacial score (nSPS) is 12.4. The van der Waals surface area contributed by atoms with Crippen LogP contribution in [0.25, 0.3) is 0 Å². The third kappa shape index (κ3) is 3.57. The van der Waals surface area contributed by atoms with Gasteiger partial charge >= 0.3 is 5.97 Å². The summed E-state index contributed by atoms with van der Waals surface area (Å²) >= 11 is 0. The maximum Gasteiger partial charge on any atom is 0.369 e. The molecule has 0 aromatic rings. The van der Waals surface area contributed by atoms with Crippen LogP contribution in [0.4, 0.5) is 0 Å². The second-order valence-electron chi connectivity index (χ2n) is 3.24. The van der Waals surface area contributed by atoms with E-state index in [-0.39, 0.29) is 16.8 Å². The van der Waals surface area contributed by atoms with Crippen molar-refractivity contribution in [1.29, 1.82) is 0 Å². The van der Waals surface area contributed by atoms with Gasteiger partial charge in [-0.05, 0) is 6.92 Å². The zero-order chi connectivity index (χ0) is 11.3. The molecular weight excluding hydrogens is 202 g/mol. The van der Waals surface area contributed by atoms with Gasteiger partial charge in [0.15, 0.2) is 0 Å². The van der Waals surface area contributed by atoms with Crippen LogP contribution in [0.5, 0.6) is 0 Å². The molecule has 0 fully saturated rings. The smallest absolute Gasteiger partial charge is 0.369 e. The summed E-state index contributed by atoms with van der Waals surface area (Å²) in [6, 6.07) is 0. The number of esters is 1. The standard InChI is InChI=1S/C9H18NO3S/c1-6-13-9(12)7(14(4)5)8(11)10(2)3/h7H,6H2,1-5H3/q+1.